The maximum absolute atomic E-state index is 12.7. The molecule has 0 saturated carbocycles. The smallest absolute Gasteiger partial charge is 0.311 e. The molecule has 1 N–H and O–H groups in total. The number of nitrogens with one attached hydrogen (secondary N) is 1. The molecule has 0 spiro atoms. The van der Waals surface area contributed by atoms with Crippen LogP contribution in [0.1, 0.15) is 73.3 Å². The maximum Gasteiger partial charge on any atom is 0.311 e. The third-order valence-electron chi connectivity index (χ3n) is 5.25. The zero-order valence-electron chi connectivity index (χ0n) is 17.6. The Balaban J connectivity index is 1.91. The molecule has 156 valence electrons. The standard InChI is InChI=1S/C23H26N4O3/c1-4-30-20(29)12-17-6-5-16(11-19(28)22-25-14-18(13-24)27-22)21(26-17)15-7-9-23(2,3)10-8-15/h5-7,14H,4,8-12H2,1-3H3,(H,25,27). The molecule has 0 aliphatic heterocycles. The van der Waals surface area contributed by atoms with Crippen LogP contribution in [0.15, 0.2) is 24.4 Å². The van der Waals surface area contributed by atoms with E-state index in [0.29, 0.717) is 12.3 Å². The van der Waals surface area contributed by atoms with E-state index in [0.717, 1.165) is 36.1 Å². The molecule has 2 heterocycles. The van der Waals surface area contributed by atoms with Crippen LogP contribution in [-0.2, 0) is 22.4 Å². The largest absolute Gasteiger partial charge is 0.466 e. The predicted octanol–water partition coefficient (Wildman–Crippen LogP) is 3.80. The average molecular weight is 406 g/mol. The SMILES string of the molecule is CCOC(=O)Cc1ccc(CC(=O)c2ncc(C#N)[nH]2)c(C2=CCC(C)(C)CC2)n1. The number of esters is 1. The number of aromatic nitrogens is 3. The summed E-state index contributed by atoms with van der Waals surface area (Å²) < 4.78 is 5.04. The van der Waals surface area contributed by atoms with E-state index in [9.17, 15) is 9.59 Å². The second-order valence-electron chi connectivity index (χ2n) is 8.25. The third kappa shape index (κ3) is 5.20. The second kappa shape index (κ2) is 9.04. The van der Waals surface area contributed by atoms with E-state index in [1.54, 1.807) is 13.0 Å². The summed E-state index contributed by atoms with van der Waals surface area (Å²) in [5, 5.41) is 8.93. The lowest BCUT2D eigenvalue weighted by Crippen LogP contribution is -2.17. The van der Waals surface area contributed by atoms with Gasteiger partial charge in [-0.25, -0.2) is 4.98 Å². The van der Waals surface area contributed by atoms with Gasteiger partial charge >= 0.3 is 5.97 Å². The minimum atomic E-state index is -0.321. The van der Waals surface area contributed by atoms with Crippen LogP contribution < -0.4 is 0 Å². The number of Topliss-reactive ketones (excluding diaryl/α,β-unsaturated/α-hetero) is 1. The highest BCUT2D eigenvalue weighted by Gasteiger charge is 2.25. The Morgan fingerprint density at radius 1 is 1.30 bits per heavy atom. The molecule has 30 heavy (non-hydrogen) atoms. The summed E-state index contributed by atoms with van der Waals surface area (Å²) in [7, 11) is 0. The number of imidazole rings is 1. The number of carbonyl (C=O) groups is 2. The molecule has 0 amide bonds. The molecular formula is C23H26N4O3. The maximum atomic E-state index is 12.7. The Hall–Kier alpha value is -3.27. The number of nitrogens with zero attached hydrogens (tertiary/aromatic N) is 3. The van der Waals surface area contributed by atoms with Gasteiger partial charge in [0.15, 0.2) is 5.82 Å². The first-order valence-electron chi connectivity index (χ1n) is 10.1. The second-order valence-corrected chi connectivity index (χ2v) is 8.25. The lowest BCUT2D eigenvalue weighted by molar-refractivity contribution is -0.142. The number of allylic oxidation sites excluding steroid dienone is 2. The highest BCUT2D eigenvalue weighted by molar-refractivity contribution is 5.95. The van der Waals surface area contributed by atoms with Gasteiger partial charge in [0, 0.05) is 6.42 Å². The molecule has 0 fully saturated rings. The minimum absolute atomic E-state index is 0.0948. The summed E-state index contributed by atoms with van der Waals surface area (Å²) in [6, 6.07) is 5.55. The number of aromatic amines is 1. The summed E-state index contributed by atoms with van der Waals surface area (Å²) in [5.74, 6) is -0.376. The van der Waals surface area contributed by atoms with Crippen molar-refractivity contribution in [1.29, 1.82) is 5.26 Å². The molecule has 0 bridgehead atoms. The van der Waals surface area contributed by atoms with Crippen molar-refractivity contribution in [3.63, 3.8) is 0 Å². The number of H-pyrrole nitrogens is 1. The van der Waals surface area contributed by atoms with Crippen molar-refractivity contribution < 1.29 is 14.3 Å². The number of pyridine rings is 1. The van der Waals surface area contributed by atoms with Gasteiger partial charge in [-0.15, -0.1) is 0 Å². The van der Waals surface area contributed by atoms with Gasteiger partial charge in [-0.05, 0) is 48.8 Å². The molecule has 0 unspecified atom stereocenters. The number of hydrogen-bond acceptors (Lipinski definition) is 6. The number of hydrogen-bond donors (Lipinski definition) is 1. The highest BCUT2D eigenvalue weighted by Crippen LogP contribution is 2.38. The number of nitriles is 1. The van der Waals surface area contributed by atoms with Crippen LogP contribution in [0.25, 0.3) is 5.57 Å². The molecule has 1 aliphatic rings. The van der Waals surface area contributed by atoms with E-state index in [-0.39, 0.29) is 41.5 Å². The minimum Gasteiger partial charge on any atom is -0.466 e. The van der Waals surface area contributed by atoms with Crippen molar-refractivity contribution in [2.24, 2.45) is 5.41 Å². The van der Waals surface area contributed by atoms with Gasteiger partial charge < -0.3 is 9.72 Å². The Morgan fingerprint density at radius 3 is 2.73 bits per heavy atom. The van der Waals surface area contributed by atoms with Crippen LogP contribution in [0.4, 0.5) is 0 Å². The number of rotatable bonds is 7. The van der Waals surface area contributed by atoms with Gasteiger partial charge in [0.25, 0.3) is 0 Å². The van der Waals surface area contributed by atoms with E-state index in [1.807, 2.05) is 12.1 Å². The topological polar surface area (TPSA) is 109 Å². The summed E-state index contributed by atoms with van der Waals surface area (Å²) in [4.78, 5) is 36.1. The molecule has 2 aromatic rings. The third-order valence-corrected chi connectivity index (χ3v) is 5.25. The van der Waals surface area contributed by atoms with E-state index < -0.39 is 0 Å². The van der Waals surface area contributed by atoms with Crippen molar-refractivity contribution in [3.8, 4) is 6.07 Å². The predicted molar refractivity (Wildman–Crippen MR) is 112 cm³/mol. The molecule has 1 aliphatic carbocycles. The van der Waals surface area contributed by atoms with Crippen LogP contribution in [0.3, 0.4) is 0 Å². The van der Waals surface area contributed by atoms with Gasteiger partial charge in [-0.3, -0.25) is 14.6 Å². The first-order valence-corrected chi connectivity index (χ1v) is 10.1. The lowest BCUT2D eigenvalue weighted by atomic mass is 9.77. The summed E-state index contributed by atoms with van der Waals surface area (Å²) in [6.45, 7) is 6.57. The molecule has 0 saturated heterocycles. The molecule has 0 radical (unpaired) electrons. The van der Waals surface area contributed by atoms with Gasteiger partial charge in [0.05, 0.1) is 30.6 Å². The molecule has 2 aromatic heterocycles. The Kier molecular flexibility index (Phi) is 6.46. The summed E-state index contributed by atoms with van der Waals surface area (Å²) in [5.41, 5.74) is 3.75. The number of ketones is 1. The first-order chi connectivity index (χ1) is 14.3. The number of carbonyl (C=O) groups excluding carboxylic acids is 2. The van der Waals surface area contributed by atoms with Crippen LogP contribution in [-0.4, -0.2) is 33.3 Å². The average Bonchev–Trinajstić information content (AvgIpc) is 3.19. The fourth-order valence-corrected chi connectivity index (χ4v) is 3.48. The molecule has 3 rings (SSSR count). The number of ether oxygens (including phenoxy) is 1. The van der Waals surface area contributed by atoms with Crippen LogP contribution in [0, 0.1) is 16.7 Å². The van der Waals surface area contributed by atoms with Gasteiger partial charge in [-0.2, -0.15) is 5.26 Å². The molecule has 7 heteroatoms. The highest BCUT2D eigenvalue weighted by atomic mass is 16.5. The molecule has 7 nitrogen and oxygen atoms in total. The molecule has 0 atom stereocenters. The zero-order valence-corrected chi connectivity index (χ0v) is 17.6. The normalized spacial score (nSPS) is 15.2. The zero-order chi connectivity index (χ0) is 21.7. The van der Waals surface area contributed by atoms with Crippen molar-refractivity contribution in [2.45, 2.75) is 52.9 Å². The monoisotopic (exact) mass is 406 g/mol. The Labute approximate surface area is 176 Å². The fourth-order valence-electron chi connectivity index (χ4n) is 3.48. The quantitative estimate of drug-likeness (QED) is 0.553. The first kappa shape index (κ1) is 21.4. The molecule has 0 aromatic carbocycles. The van der Waals surface area contributed by atoms with Gasteiger partial charge in [0.2, 0.25) is 5.78 Å². The fraction of sp³-hybridized carbons (Fsp3) is 0.435. The Bertz CT molecular complexity index is 1030. The summed E-state index contributed by atoms with van der Waals surface area (Å²) in [6.07, 6.45) is 6.57. The van der Waals surface area contributed by atoms with E-state index in [1.165, 1.54) is 6.20 Å². The molecular weight excluding hydrogens is 380 g/mol. The van der Waals surface area contributed by atoms with Crippen molar-refractivity contribution in [3.05, 3.63) is 52.9 Å². The van der Waals surface area contributed by atoms with E-state index >= 15 is 0 Å². The van der Waals surface area contributed by atoms with Crippen molar-refractivity contribution >= 4 is 17.3 Å². The van der Waals surface area contributed by atoms with E-state index in [4.69, 9.17) is 15.0 Å². The van der Waals surface area contributed by atoms with Crippen LogP contribution in [0.5, 0.6) is 0 Å². The van der Waals surface area contributed by atoms with Crippen molar-refractivity contribution in [2.75, 3.05) is 6.61 Å². The van der Waals surface area contributed by atoms with E-state index in [2.05, 4.69) is 29.9 Å². The summed E-state index contributed by atoms with van der Waals surface area (Å²) >= 11 is 0. The van der Waals surface area contributed by atoms with Crippen molar-refractivity contribution in [1.82, 2.24) is 15.0 Å². The lowest BCUT2D eigenvalue weighted by Gasteiger charge is -2.29. The van der Waals surface area contributed by atoms with Crippen LogP contribution >= 0.6 is 0 Å². The van der Waals surface area contributed by atoms with Gasteiger partial charge in [-0.1, -0.05) is 26.0 Å². The Morgan fingerprint density at radius 2 is 2.10 bits per heavy atom. The van der Waals surface area contributed by atoms with Crippen LogP contribution in [0.2, 0.25) is 0 Å². The van der Waals surface area contributed by atoms with Gasteiger partial charge in [0.1, 0.15) is 11.8 Å².